The normalized spacial score (nSPS) is 19.7. The molecular weight excluding hydrogens is 342 g/mol. The van der Waals surface area contributed by atoms with E-state index in [-0.39, 0.29) is 11.8 Å². The van der Waals surface area contributed by atoms with Gasteiger partial charge in [0.1, 0.15) is 16.6 Å². The minimum absolute atomic E-state index is 0.166. The molecule has 0 bridgehead atoms. The molecule has 1 aliphatic rings. The summed E-state index contributed by atoms with van der Waals surface area (Å²) in [5.74, 6) is 1.84. The highest BCUT2D eigenvalue weighted by Crippen LogP contribution is 2.45. The number of nitrogens with zero attached hydrogens (tertiary/aromatic N) is 2. The van der Waals surface area contributed by atoms with Gasteiger partial charge in [0.2, 0.25) is 0 Å². The van der Waals surface area contributed by atoms with Crippen LogP contribution in [0.15, 0.2) is 70.2 Å². The molecule has 132 valence electrons. The van der Waals surface area contributed by atoms with E-state index in [9.17, 15) is 5.26 Å². The van der Waals surface area contributed by atoms with Gasteiger partial charge in [0, 0.05) is 5.92 Å². The summed E-state index contributed by atoms with van der Waals surface area (Å²) in [7, 11) is 1.64. The minimum atomic E-state index is -0.167. The van der Waals surface area contributed by atoms with Gasteiger partial charge in [0.15, 0.2) is 0 Å². The van der Waals surface area contributed by atoms with E-state index in [4.69, 9.17) is 10.5 Å². The van der Waals surface area contributed by atoms with E-state index in [1.165, 1.54) is 0 Å². The number of hydrogen-bond donors (Lipinski definition) is 1. The maximum Gasteiger partial charge on any atom is 0.118 e. The van der Waals surface area contributed by atoms with Crippen LogP contribution in [0.5, 0.6) is 5.75 Å². The van der Waals surface area contributed by atoms with Gasteiger partial charge in [0.25, 0.3) is 0 Å². The van der Waals surface area contributed by atoms with Gasteiger partial charge in [-0.3, -0.25) is 0 Å². The predicted molar refractivity (Wildman–Crippen MR) is 107 cm³/mol. The molecule has 4 nitrogen and oxygen atoms in total. The number of rotatable bonds is 5. The van der Waals surface area contributed by atoms with E-state index in [2.05, 4.69) is 11.1 Å². The number of hydrogen-bond acceptors (Lipinski definition) is 5. The van der Waals surface area contributed by atoms with E-state index < -0.39 is 0 Å². The van der Waals surface area contributed by atoms with E-state index in [0.29, 0.717) is 11.4 Å². The van der Waals surface area contributed by atoms with Gasteiger partial charge < -0.3 is 10.5 Å². The first-order chi connectivity index (χ1) is 12.7. The second kappa shape index (κ2) is 8.11. The summed E-state index contributed by atoms with van der Waals surface area (Å²) in [6, 6.07) is 20.3. The lowest BCUT2D eigenvalue weighted by Gasteiger charge is -2.31. The Kier molecular flexibility index (Phi) is 5.65. The molecule has 0 saturated heterocycles. The van der Waals surface area contributed by atoms with Crippen molar-refractivity contribution in [1.82, 2.24) is 0 Å². The lowest BCUT2D eigenvalue weighted by atomic mass is 9.75. The summed E-state index contributed by atoms with van der Waals surface area (Å²) in [5.41, 5.74) is 9.16. The number of methoxy groups -OCH3 is 1. The molecule has 0 aliphatic carbocycles. The van der Waals surface area contributed by atoms with Gasteiger partial charge in [0.05, 0.1) is 24.7 Å². The standard InChI is InChI=1S/C21H21N3OS/c1-3-26-21-17(13-22)18(15-9-11-16(25-2)12-10-15)19(20(23)24-21)14-7-5-4-6-8-14/h4-12,18-19H,3H2,1-2H3,(H2,23,24). The number of allylic oxidation sites excluding steroid dienone is 1. The van der Waals surface area contributed by atoms with Gasteiger partial charge in [-0.1, -0.05) is 49.4 Å². The predicted octanol–water partition coefficient (Wildman–Crippen LogP) is 4.42. The highest BCUT2D eigenvalue weighted by atomic mass is 32.2. The summed E-state index contributed by atoms with van der Waals surface area (Å²) < 4.78 is 5.27. The van der Waals surface area contributed by atoms with Crippen LogP contribution in [0.4, 0.5) is 0 Å². The Morgan fingerprint density at radius 1 is 1.08 bits per heavy atom. The van der Waals surface area contributed by atoms with Gasteiger partial charge in [-0.15, -0.1) is 11.8 Å². The van der Waals surface area contributed by atoms with Crippen molar-refractivity contribution in [2.75, 3.05) is 12.9 Å². The Balaban J connectivity index is 2.16. The van der Waals surface area contributed by atoms with E-state index >= 15 is 0 Å². The third-order valence-electron chi connectivity index (χ3n) is 4.46. The minimum Gasteiger partial charge on any atom is -0.497 e. The first kappa shape index (κ1) is 18.1. The Hall–Kier alpha value is -2.71. The average molecular weight is 363 g/mol. The zero-order valence-electron chi connectivity index (χ0n) is 14.8. The molecule has 3 rings (SSSR count). The Bertz CT molecular complexity index is 866. The molecule has 0 aromatic heterocycles. The molecule has 0 amide bonds. The molecule has 26 heavy (non-hydrogen) atoms. The number of thioether (sulfide) groups is 1. The summed E-state index contributed by atoms with van der Waals surface area (Å²) in [4.78, 5) is 4.58. The van der Waals surface area contributed by atoms with Crippen molar-refractivity contribution in [2.45, 2.75) is 18.8 Å². The van der Waals surface area contributed by atoms with Crippen molar-refractivity contribution in [2.24, 2.45) is 10.7 Å². The third kappa shape index (κ3) is 3.47. The third-order valence-corrected chi connectivity index (χ3v) is 5.33. The zero-order chi connectivity index (χ0) is 18.5. The topological polar surface area (TPSA) is 71.4 Å². The fourth-order valence-corrected chi connectivity index (χ4v) is 4.05. The molecule has 2 aromatic rings. The zero-order valence-corrected chi connectivity index (χ0v) is 15.7. The van der Waals surface area contributed by atoms with Gasteiger partial charge in [-0.05, 0) is 29.0 Å². The van der Waals surface area contributed by atoms with E-state index in [1.807, 2.05) is 61.5 Å². The Morgan fingerprint density at radius 3 is 2.31 bits per heavy atom. The van der Waals surface area contributed by atoms with Crippen LogP contribution in [0.1, 0.15) is 29.9 Å². The summed E-state index contributed by atoms with van der Waals surface area (Å²) in [5, 5.41) is 10.6. The molecule has 2 atom stereocenters. The van der Waals surface area contributed by atoms with Crippen LogP contribution < -0.4 is 10.5 Å². The molecule has 2 aromatic carbocycles. The van der Waals surface area contributed by atoms with E-state index in [0.717, 1.165) is 27.7 Å². The number of ether oxygens (including phenoxy) is 1. The first-order valence-electron chi connectivity index (χ1n) is 8.49. The van der Waals surface area contributed by atoms with Crippen molar-refractivity contribution in [3.63, 3.8) is 0 Å². The SMILES string of the molecule is CCSC1=C(C#N)C(c2ccc(OC)cc2)C(c2ccccc2)C(N)=N1. The van der Waals surface area contributed by atoms with Crippen LogP contribution in [0, 0.1) is 11.3 Å². The lowest BCUT2D eigenvalue weighted by Crippen LogP contribution is -2.31. The number of aliphatic imine (C=N–C) groups is 1. The van der Waals surface area contributed by atoms with E-state index in [1.54, 1.807) is 18.9 Å². The second-order valence-corrected chi connectivity index (χ2v) is 7.19. The number of nitrogens with two attached hydrogens (primary N) is 1. The number of nitriles is 1. The number of benzene rings is 2. The Labute approximate surface area is 158 Å². The fraction of sp³-hybridized carbons (Fsp3) is 0.238. The van der Waals surface area contributed by atoms with Gasteiger partial charge in [-0.25, -0.2) is 4.99 Å². The molecule has 5 heteroatoms. The van der Waals surface area contributed by atoms with Crippen LogP contribution in [0.25, 0.3) is 0 Å². The van der Waals surface area contributed by atoms with Crippen LogP contribution in [-0.2, 0) is 0 Å². The molecule has 1 heterocycles. The van der Waals surface area contributed by atoms with Crippen molar-refractivity contribution in [3.05, 3.63) is 76.3 Å². The van der Waals surface area contributed by atoms with Crippen LogP contribution >= 0.6 is 11.8 Å². The molecular formula is C21H21N3OS. The molecule has 1 aliphatic heterocycles. The average Bonchev–Trinajstić information content (AvgIpc) is 2.68. The van der Waals surface area contributed by atoms with Crippen molar-refractivity contribution >= 4 is 17.6 Å². The summed E-state index contributed by atoms with van der Waals surface area (Å²) >= 11 is 1.56. The van der Waals surface area contributed by atoms with Crippen LogP contribution in [0.2, 0.25) is 0 Å². The highest BCUT2D eigenvalue weighted by Gasteiger charge is 2.36. The highest BCUT2D eigenvalue weighted by molar-refractivity contribution is 8.03. The molecule has 0 saturated carbocycles. The quantitative estimate of drug-likeness (QED) is 0.853. The van der Waals surface area contributed by atoms with Gasteiger partial charge >= 0.3 is 0 Å². The lowest BCUT2D eigenvalue weighted by molar-refractivity contribution is 0.414. The maximum atomic E-state index is 9.92. The van der Waals surface area contributed by atoms with Crippen LogP contribution in [-0.4, -0.2) is 18.7 Å². The smallest absolute Gasteiger partial charge is 0.118 e. The maximum absolute atomic E-state index is 9.92. The van der Waals surface area contributed by atoms with Crippen molar-refractivity contribution < 1.29 is 4.74 Å². The van der Waals surface area contributed by atoms with Gasteiger partial charge in [-0.2, -0.15) is 5.26 Å². The summed E-state index contributed by atoms with van der Waals surface area (Å²) in [6.45, 7) is 2.05. The molecule has 0 spiro atoms. The number of amidine groups is 1. The Morgan fingerprint density at radius 2 is 1.73 bits per heavy atom. The van der Waals surface area contributed by atoms with Crippen LogP contribution in [0.3, 0.4) is 0 Å². The first-order valence-corrected chi connectivity index (χ1v) is 9.48. The molecule has 0 fully saturated rings. The molecule has 0 radical (unpaired) electrons. The summed E-state index contributed by atoms with van der Waals surface area (Å²) in [6.07, 6.45) is 0. The van der Waals surface area contributed by atoms with Crippen molar-refractivity contribution in [3.8, 4) is 11.8 Å². The fourth-order valence-electron chi connectivity index (χ4n) is 3.28. The van der Waals surface area contributed by atoms with Crippen molar-refractivity contribution in [1.29, 1.82) is 5.26 Å². The molecule has 2 N–H and O–H groups in total. The monoisotopic (exact) mass is 363 g/mol. The molecule has 2 unspecified atom stereocenters. The second-order valence-electron chi connectivity index (χ2n) is 5.94. The largest absolute Gasteiger partial charge is 0.497 e.